The molecule has 5 rings (SSSR count). The van der Waals surface area contributed by atoms with E-state index in [4.69, 9.17) is 9.47 Å². The molecule has 0 spiro atoms. The number of halogens is 1. The molecule has 3 heterocycles. The van der Waals surface area contributed by atoms with Crippen LogP contribution in [0.25, 0.3) is 11.4 Å². The first-order valence-corrected chi connectivity index (χ1v) is 13.8. The molecule has 1 aliphatic heterocycles. The fraction of sp³-hybridized carbons (Fsp3) is 0.226. The molecule has 1 unspecified atom stereocenters. The lowest BCUT2D eigenvalue weighted by molar-refractivity contribution is -0.145. The second-order valence-electron chi connectivity index (χ2n) is 9.94. The molecule has 1 fully saturated rings. The Labute approximate surface area is 247 Å². The maximum absolute atomic E-state index is 13.9. The number of urea groups is 1. The summed E-state index contributed by atoms with van der Waals surface area (Å²) in [6.07, 6.45) is 4.87. The highest BCUT2D eigenvalue weighted by Crippen LogP contribution is 2.27. The molecule has 0 aliphatic carbocycles. The highest BCUT2D eigenvalue weighted by Gasteiger charge is 2.23. The van der Waals surface area contributed by atoms with Gasteiger partial charge >= 0.3 is 12.0 Å². The van der Waals surface area contributed by atoms with Gasteiger partial charge in [0.15, 0.2) is 0 Å². The van der Waals surface area contributed by atoms with Crippen LogP contribution in [0.3, 0.4) is 0 Å². The molecule has 1 saturated heterocycles. The minimum absolute atomic E-state index is 0.0933. The Morgan fingerprint density at radius 1 is 1.02 bits per heavy atom. The van der Waals surface area contributed by atoms with Gasteiger partial charge in [0.05, 0.1) is 29.2 Å². The summed E-state index contributed by atoms with van der Waals surface area (Å²) < 4.78 is 25.1. The number of H-pyrrole nitrogens is 1. The van der Waals surface area contributed by atoms with Gasteiger partial charge in [-0.15, -0.1) is 0 Å². The standard InChI is InChI=1S/C31H31FN6O5/c1-19-4-9-24(32)26(15-19)38-31(41)37-21-5-7-22(8-6-21)43-23-10-12-34-28(17-23)27-16-20(18-36-27)29(39)35-13-14-42-30(40)25-3-2-11-33-25/h4-10,12,15-18,25,33,36H,2-3,11,13-14H2,1H3,(H,35,39)(H2,37,38,41). The van der Waals surface area contributed by atoms with E-state index in [-0.39, 0.29) is 36.8 Å². The Morgan fingerprint density at radius 2 is 1.86 bits per heavy atom. The fourth-order valence-corrected chi connectivity index (χ4v) is 4.46. The quantitative estimate of drug-likeness (QED) is 0.130. The molecule has 1 atom stereocenters. The van der Waals surface area contributed by atoms with Crippen molar-refractivity contribution in [2.45, 2.75) is 25.8 Å². The van der Waals surface area contributed by atoms with E-state index in [1.165, 1.54) is 6.07 Å². The summed E-state index contributed by atoms with van der Waals surface area (Å²) in [6, 6.07) is 15.4. The van der Waals surface area contributed by atoms with Crippen LogP contribution < -0.4 is 26.0 Å². The molecular weight excluding hydrogens is 555 g/mol. The van der Waals surface area contributed by atoms with Crippen LogP contribution in [0.15, 0.2) is 73.1 Å². The number of hydrogen-bond donors (Lipinski definition) is 5. The van der Waals surface area contributed by atoms with Crippen molar-refractivity contribution in [2.24, 2.45) is 0 Å². The maximum atomic E-state index is 13.9. The van der Waals surface area contributed by atoms with Gasteiger partial charge in [-0.05, 0) is 80.4 Å². The highest BCUT2D eigenvalue weighted by atomic mass is 19.1. The van der Waals surface area contributed by atoms with Crippen molar-refractivity contribution >= 4 is 29.3 Å². The number of nitrogens with one attached hydrogen (secondary N) is 5. The van der Waals surface area contributed by atoms with E-state index in [0.29, 0.717) is 34.1 Å². The number of pyridine rings is 1. The van der Waals surface area contributed by atoms with Crippen LogP contribution in [0.2, 0.25) is 0 Å². The molecule has 3 amide bonds. The van der Waals surface area contributed by atoms with Crippen molar-refractivity contribution < 1.29 is 28.2 Å². The molecule has 12 heteroatoms. The van der Waals surface area contributed by atoms with E-state index in [9.17, 15) is 18.8 Å². The lowest BCUT2D eigenvalue weighted by Crippen LogP contribution is -2.34. The van der Waals surface area contributed by atoms with Crippen LogP contribution >= 0.6 is 0 Å². The van der Waals surface area contributed by atoms with Gasteiger partial charge in [-0.25, -0.2) is 9.18 Å². The molecule has 1 aliphatic rings. The number of rotatable bonds is 10. The van der Waals surface area contributed by atoms with E-state index in [0.717, 1.165) is 24.9 Å². The Kier molecular flexibility index (Phi) is 9.27. The smallest absolute Gasteiger partial charge is 0.323 e. The van der Waals surface area contributed by atoms with Crippen LogP contribution in [0, 0.1) is 12.7 Å². The van der Waals surface area contributed by atoms with E-state index in [2.05, 4.69) is 31.2 Å². The normalized spacial score (nSPS) is 14.1. The molecule has 0 radical (unpaired) electrons. The molecule has 2 aromatic heterocycles. The van der Waals surface area contributed by atoms with Gasteiger partial charge in [-0.1, -0.05) is 6.07 Å². The predicted octanol–water partition coefficient (Wildman–Crippen LogP) is 4.99. The molecule has 4 aromatic rings. The van der Waals surface area contributed by atoms with E-state index in [1.807, 2.05) is 6.92 Å². The van der Waals surface area contributed by atoms with Crippen molar-refractivity contribution in [3.63, 3.8) is 0 Å². The number of amides is 3. The van der Waals surface area contributed by atoms with E-state index < -0.39 is 11.8 Å². The zero-order valence-corrected chi connectivity index (χ0v) is 23.4. The van der Waals surface area contributed by atoms with Crippen molar-refractivity contribution in [3.8, 4) is 22.9 Å². The van der Waals surface area contributed by atoms with Crippen LogP contribution in [-0.4, -0.2) is 53.6 Å². The van der Waals surface area contributed by atoms with Gasteiger partial charge in [0, 0.05) is 24.1 Å². The Morgan fingerprint density at radius 3 is 2.65 bits per heavy atom. The molecular formula is C31H31FN6O5. The molecule has 222 valence electrons. The average molecular weight is 587 g/mol. The molecule has 11 nitrogen and oxygen atoms in total. The monoisotopic (exact) mass is 586 g/mol. The third-order valence-corrected chi connectivity index (χ3v) is 6.65. The lowest BCUT2D eigenvalue weighted by atomic mass is 10.2. The Balaban J connectivity index is 1.11. The number of carbonyl (C=O) groups is 3. The number of aryl methyl sites for hydroxylation is 1. The summed E-state index contributed by atoms with van der Waals surface area (Å²) in [6.45, 7) is 2.91. The first-order chi connectivity index (χ1) is 20.8. The van der Waals surface area contributed by atoms with E-state index in [1.54, 1.807) is 67.0 Å². The Bertz CT molecular complexity index is 1600. The zero-order valence-electron chi connectivity index (χ0n) is 23.4. The molecule has 2 aromatic carbocycles. The minimum Gasteiger partial charge on any atom is -0.463 e. The first kappa shape index (κ1) is 29.3. The average Bonchev–Trinajstić information content (AvgIpc) is 3.72. The zero-order chi connectivity index (χ0) is 30.2. The van der Waals surface area contributed by atoms with Crippen molar-refractivity contribution in [3.05, 3.63) is 90.0 Å². The van der Waals surface area contributed by atoms with Crippen molar-refractivity contribution in [1.29, 1.82) is 0 Å². The number of esters is 1. The molecule has 0 saturated carbocycles. The van der Waals surface area contributed by atoms with Crippen LogP contribution in [0.5, 0.6) is 11.5 Å². The molecule has 0 bridgehead atoms. The third-order valence-electron chi connectivity index (χ3n) is 6.65. The van der Waals surface area contributed by atoms with Gasteiger partial charge < -0.3 is 35.7 Å². The molecule has 43 heavy (non-hydrogen) atoms. The number of benzene rings is 2. The topological polar surface area (TPSA) is 146 Å². The first-order valence-electron chi connectivity index (χ1n) is 13.8. The number of anilines is 2. The van der Waals surface area contributed by atoms with Crippen molar-refractivity contribution in [1.82, 2.24) is 20.6 Å². The number of hydrogen-bond acceptors (Lipinski definition) is 7. The summed E-state index contributed by atoms with van der Waals surface area (Å²) in [4.78, 5) is 44.2. The highest BCUT2D eigenvalue weighted by molar-refractivity contribution is 6.00. The number of carbonyl (C=O) groups excluding carboxylic acids is 3. The van der Waals surface area contributed by atoms with Gasteiger partial charge in [0.2, 0.25) is 0 Å². The number of aromatic nitrogens is 2. The van der Waals surface area contributed by atoms with Crippen LogP contribution in [-0.2, 0) is 9.53 Å². The van der Waals surface area contributed by atoms with Crippen LogP contribution in [0.1, 0.15) is 28.8 Å². The van der Waals surface area contributed by atoms with Gasteiger partial charge in [0.25, 0.3) is 5.91 Å². The van der Waals surface area contributed by atoms with Crippen LogP contribution in [0.4, 0.5) is 20.6 Å². The van der Waals surface area contributed by atoms with Gasteiger partial charge in [-0.2, -0.15) is 0 Å². The van der Waals surface area contributed by atoms with Gasteiger partial charge in [-0.3, -0.25) is 14.6 Å². The summed E-state index contributed by atoms with van der Waals surface area (Å²) >= 11 is 0. The SMILES string of the molecule is Cc1ccc(F)c(NC(=O)Nc2ccc(Oc3ccnc(-c4cc(C(=O)NCCOC(=O)C5CCCN5)c[nH]4)c3)cc2)c1. The summed E-state index contributed by atoms with van der Waals surface area (Å²) in [5.74, 6) is -0.0970. The summed E-state index contributed by atoms with van der Waals surface area (Å²) in [5.41, 5.74) is 3.00. The number of nitrogens with zero attached hydrogens (tertiary/aromatic N) is 1. The number of aromatic amines is 1. The third kappa shape index (κ3) is 7.95. The number of ether oxygens (including phenoxy) is 2. The lowest BCUT2D eigenvalue weighted by Gasteiger charge is -2.10. The predicted molar refractivity (Wildman–Crippen MR) is 159 cm³/mol. The molecule has 5 N–H and O–H groups in total. The van der Waals surface area contributed by atoms with Crippen molar-refractivity contribution in [2.75, 3.05) is 30.3 Å². The van der Waals surface area contributed by atoms with E-state index >= 15 is 0 Å². The fourth-order valence-electron chi connectivity index (χ4n) is 4.46. The minimum atomic E-state index is -0.573. The second-order valence-corrected chi connectivity index (χ2v) is 9.94. The van der Waals surface area contributed by atoms with Gasteiger partial charge in [0.1, 0.15) is 30.0 Å². The summed E-state index contributed by atoms with van der Waals surface area (Å²) in [5, 5.41) is 11.0. The Hall–Kier alpha value is -5.23. The summed E-state index contributed by atoms with van der Waals surface area (Å²) in [7, 11) is 0. The maximum Gasteiger partial charge on any atom is 0.323 e. The second kappa shape index (κ2) is 13.6. The largest absolute Gasteiger partial charge is 0.463 e.